The van der Waals surface area contributed by atoms with Crippen molar-refractivity contribution < 1.29 is 28.8 Å². The first-order valence-corrected chi connectivity index (χ1v) is 9.29. The van der Waals surface area contributed by atoms with E-state index in [9.17, 15) is 29.3 Å². The number of ether oxygens (including phenoxy) is 1. The van der Waals surface area contributed by atoms with Crippen molar-refractivity contribution >= 4 is 29.3 Å². The van der Waals surface area contributed by atoms with Gasteiger partial charge in [-0.1, -0.05) is 12.2 Å². The minimum Gasteiger partial charge on any atom is -0.456 e. The molecule has 2 bridgehead atoms. The lowest BCUT2D eigenvalue weighted by Crippen LogP contribution is -2.45. The van der Waals surface area contributed by atoms with Gasteiger partial charge in [0.15, 0.2) is 12.4 Å². The normalized spacial score (nSPS) is 27.8. The largest absolute Gasteiger partial charge is 0.456 e. The van der Waals surface area contributed by atoms with E-state index in [1.54, 1.807) is 0 Å². The van der Waals surface area contributed by atoms with Gasteiger partial charge in [-0.3, -0.25) is 29.4 Å². The van der Waals surface area contributed by atoms with Crippen LogP contribution in [0, 0.1) is 33.8 Å². The Bertz CT molecular complexity index is 922. The maximum Gasteiger partial charge on any atom is 0.329 e. The zero-order valence-electron chi connectivity index (χ0n) is 15.5. The van der Waals surface area contributed by atoms with E-state index in [4.69, 9.17) is 4.74 Å². The molecule has 9 heteroatoms. The van der Waals surface area contributed by atoms with Crippen molar-refractivity contribution in [1.82, 2.24) is 4.90 Å². The molecule has 2 aliphatic carbocycles. The van der Waals surface area contributed by atoms with Crippen molar-refractivity contribution in [3.8, 4) is 0 Å². The van der Waals surface area contributed by atoms with E-state index in [2.05, 4.69) is 0 Å². The molecule has 4 rings (SSSR count). The number of carbonyl (C=O) groups is 4. The molecular weight excluding hydrogens is 380 g/mol. The minimum atomic E-state index is -1.12. The van der Waals surface area contributed by atoms with Crippen molar-refractivity contribution in [3.63, 3.8) is 0 Å². The number of nitro groups is 1. The molecule has 29 heavy (non-hydrogen) atoms. The first-order chi connectivity index (χ1) is 13.8. The molecule has 1 aromatic carbocycles. The van der Waals surface area contributed by atoms with Crippen LogP contribution in [-0.2, 0) is 19.1 Å². The first-order valence-electron chi connectivity index (χ1n) is 9.29. The van der Waals surface area contributed by atoms with Crippen LogP contribution in [0.4, 0.5) is 5.69 Å². The summed E-state index contributed by atoms with van der Waals surface area (Å²) in [6, 6.07) is 3.79. The van der Waals surface area contributed by atoms with E-state index in [-0.39, 0.29) is 34.9 Å². The molecule has 5 atom stereocenters. The third-order valence-electron chi connectivity index (χ3n) is 5.98. The fourth-order valence-electron chi connectivity index (χ4n) is 4.52. The lowest BCUT2D eigenvalue weighted by molar-refractivity contribution is -0.384. The Kier molecular flexibility index (Phi) is 4.52. The zero-order chi connectivity index (χ0) is 20.9. The van der Waals surface area contributed by atoms with Crippen LogP contribution in [-0.4, -0.2) is 46.0 Å². The van der Waals surface area contributed by atoms with Crippen LogP contribution in [0.15, 0.2) is 36.4 Å². The molecule has 0 aromatic heterocycles. The molecular formula is C20H18N2O7. The number of carbonyl (C=O) groups excluding carboxylic acids is 4. The first kappa shape index (κ1) is 19.0. The number of likely N-dealkylation sites (tertiary alicyclic amines) is 1. The van der Waals surface area contributed by atoms with E-state index in [0.29, 0.717) is 0 Å². The highest BCUT2D eigenvalue weighted by molar-refractivity contribution is 6.09. The third-order valence-corrected chi connectivity index (χ3v) is 5.98. The van der Waals surface area contributed by atoms with Crippen molar-refractivity contribution in [2.24, 2.45) is 23.7 Å². The molecule has 3 aliphatic rings. The molecule has 1 aliphatic heterocycles. The number of allylic oxidation sites excluding steroid dienone is 2. The van der Waals surface area contributed by atoms with E-state index >= 15 is 0 Å². The molecule has 0 N–H and O–H groups in total. The number of ketones is 1. The summed E-state index contributed by atoms with van der Waals surface area (Å²) < 4.78 is 5.01. The highest BCUT2D eigenvalue weighted by atomic mass is 16.6. The molecule has 0 unspecified atom stereocenters. The number of esters is 1. The summed E-state index contributed by atoms with van der Waals surface area (Å²) in [5, 5.41) is 10.7. The predicted molar refractivity (Wildman–Crippen MR) is 97.4 cm³/mol. The van der Waals surface area contributed by atoms with Gasteiger partial charge in [0.1, 0.15) is 6.04 Å². The molecule has 2 fully saturated rings. The summed E-state index contributed by atoms with van der Waals surface area (Å²) in [7, 11) is 0. The number of fused-ring (bicyclic) bond motifs is 5. The number of Topliss-reactive ketones (excluding diaryl/α,β-unsaturated/α-hetero) is 1. The van der Waals surface area contributed by atoms with E-state index < -0.39 is 41.2 Å². The minimum absolute atomic E-state index is 0.0402. The Morgan fingerprint density at radius 1 is 1.14 bits per heavy atom. The Hall–Kier alpha value is -3.36. The highest BCUT2D eigenvalue weighted by Gasteiger charge is 2.60. The van der Waals surface area contributed by atoms with Crippen molar-refractivity contribution in [1.29, 1.82) is 0 Å². The van der Waals surface area contributed by atoms with Gasteiger partial charge in [0, 0.05) is 17.7 Å². The fourth-order valence-corrected chi connectivity index (χ4v) is 4.52. The SMILES string of the molecule is C[C@H](C(=O)OCC(=O)c1ccc([N+](=O)[O-])cc1)N1C(=O)[C@H]2[C@H](C1=O)[C@H]1C=C[C@H]2C1. The van der Waals surface area contributed by atoms with Crippen LogP contribution < -0.4 is 0 Å². The van der Waals surface area contributed by atoms with Gasteiger partial charge in [-0.05, 0) is 37.3 Å². The Balaban J connectivity index is 1.37. The van der Waals surface area contributed by atoms with Crippen molar-refractivity contribution in [3.05, 3.63) is 52.1 Å². The van der Waals surface area contributed by atoms with E-state index in [0.717, 1.165) is 11.3 Å². The van der Waals surface area contributed by atoms with Gasteiger partial charge in [0.25, 0.3) is 5.69 Å². The number of nitrogens with zero attached hydrogens (tertiary/aromatic N) is 2. The van der Waals surface area contributed by atoms with E-state index in [1.807, 2.05) is 12.2 Å². The number of nitro benzene ring substituents is 1. The fraction of sp³-hybridized carbons (Fsp3) is 0.400. The van der Waals surface area contributed by atoms with Crippen LogP contribution in [0.2, 0.25) is 0 Å². The number of amides is 2. The van der Waals surface area contributed by atoms with Gasteiger partial charge in [0.2, 0.25) is 11.8 Å². The summed E-state index contributed by atoms with van der Waals surface area (Å²) in [5.74, 6) is -2.84. The van der Waals surface area contributed by atoms with Gasteiger partial charge in [-0.2, -0.15) is 0 Å². The number of benzene rings is 1. The van der Waals surface area contributed by atoms with Gasteiger partial charge in [-0.25, -0.2) is 4.79 Å². The predicted octanol–water partition coefficient (Wildman–Crippen LogP) is 1.52. The topological polar surface area (TPSA) is 124 Å². The molecule has 9 nitrogen and oxygen atoms in total. The number of rotatable bonds is 6. The summed E-state index contributed by atoms with van der Waals surface area (Å²) in [4.78, 5) is 61.0. The lowest BCUT2D eigenvalue weighted by Gasteiger charge is -2.23. The summed E-state index contributed by atoms with van der Waals surface area (Å²) in [6.45, 7) is 0.821. The standard InChI is InChI=1S/C20H18N2O7/c1-10(21-18(24)16-12-2-3-13(8-12)17(16)19(21)25)20(26)29-9-15(23)11-4-6-14(7-5-11)22(27)28/h2-7,10,12-13,16-17H,8-9H2,1H3/t10-,12+,13+,16-,17-/m1/s1. The van der Waals surface area contributed by atoms with Gasteiger partial charge >= 0.3 is 5.97 Å². The lowest BCUT2D eigenvalue weighted by atomic mass is 9.85. The Morgan fingerprint density at radius 2 is 1.69 bits per heavy atom. The second-order valence-electron chi connectivity index (χ2n) is 7.56. The van der Waals surface area contributed by atoms with Crippen LogP contribution in [0.1, 0.15) is 23.7 Å². The number of hydrogen-bond acceptors (Lipinski definition) is 7. The monoisotopic (exact) mass is 398 g/mol. The molecule has 1 aromatic rings. The van der Waals surface area contributed by atoms with Crippen LogP contribution in [0.5, 0.6) is 0 Å². The second-order valence-corrected chi connectivity index (χ2v) is 7.56. The van der Waals surface area contributed by atoms with Gasteiger partial charge in [0.05, 0.1) is 16.8 Å². The highest BCUT2D eigenvalue weighted by Crippen LogP contribution is 2.52. The summed E-state index contributed by atoms with van der Waals surface area (Å²) >= 11 is 0. The Labute approximate surface area is 165 Å². The van der Waals surface area contributed by atoms with Gasteiger partial charge < -0.3 is 4.74 Å². The molecule has 0 radical (unpaired) electrons. The molecule has 1 heterocycles. The smallest absolute Gasteiger partial charge is 0.329 e. The zero-order valence-corrected chi connectivity index (χ0v) is 15.5. The van der Waals surface area contributed by atoms with Crippen LogP contribution in [0.25, 0.3) is 0 Å². The van der Waals surface area contributed by atoms with Crippen LogP contribution >= 0.6 is 0 Å². The summed E-state index contributed by atoms with van der Waals surface area (Å²) in [6.07, 6.45) is 4.72. The maximum atomic E-state index is 12.7. The third kappa shape index (κ3) is 3.02. The van der Waals surface area contributed by atoms with Crippen molar-refractivity contribution in [2.45, 2.75) is 19.4 Å². The Morgan fingerprint density at radius 3 is 2.21 bits per heavy atom. The van der Waals surface area contributed by atoms with E-state index in [1.165, 1.54) is 31.2 Å². The number of imide groups is 1. The molecule has 1 saturated carbocycles. The quantitative estimate of drug-likeness (QED) is 0.178. The summed E-state index contributed by atoms with van der Waals surface area (Å²) in [5.41, 5.74) is -0.00575. The molecule has 2 amide bonds. The second kappa shape index (κ2) is 6.91. The number of hydrogen-bond donors (Lipinski definition) is 0. The van der Waals surface area contributed by atoms with Crippen LogP contribution in [0.3, 0.4) is 0 Å². The molecule has 0 spiro atoms. The van der Waals surface area contributed by atoms with Crippen molar-refractivity contribution in [2.75, 3.05) is 6.61 Å². The number of non-ortho nitro benzene ring substituents is 1. The average Bonchev–Trinajstić information content (AvgIpc) is 3.39. The van der Waals surface area contributed by atoms with Gasteiger partial charge in [-0.15, -0.1) is 0 Å². The maximum absolute atomic E-state index is 12.7. The molecule has 150 valence electrons. The molecule has 1 saturated heterocycles. The average molecular weight is 398 g/mol.